The van der Waals surface area contributed by atoms with Gasteiger partial charge in [0.05, 0.1) is 0 Å². The first kappa shape index (κ1) is 6.83. The molecule has 1 fully saturated rings. The molecule has 0 nitrogen and oxygen atoms in total. The van der Waals surface area contributed by atoms with Gasteiger partial charge in [-0.05, 0) is 11.5 Å². The molecular formula is C8H7BF2. The summed E-state index contributed by atoms with van der Waals surface area (Å²) in [5, 5.41) is 0. The van der Waals surface area contributed by atoms with Crippen LogP contribution in [0.2, 0.25) is 12.6 Å². The Hall–Kier alpha value is -0.855. The van der Waals surface area contributed by atoms with Crippen LogP contribution in [0.4, 0.5) is 8.78 Å². The molecule has 0 N–H and O–H groups in total. The smallest absolute Gasteiger partial charge is 0.178 e. The third kappa shape index (κ3) is 1.27. The highest BCUT2D eigenvalue weighted by Gasteiger charge is 2.30. The maximum Gasteiger partial charge on any atom is 0.178 e. The van der Waals surface area contributed by atoms with Crippen LogP contribution in [-0.4, -0.2) is 6.71 Å². The predicted molar refractivity (Wildman–Crippen MR) is 41.4 cm³/mol. The first-order valence-corrected chi connectivity index (χ1v) is 3.72. The minimum atomic E-state index is -0.494. The summed E-state index contributed by atoms with van der Waals surface area (Å²) in [4.78, 5) is 0. The topological polar surface area (TPSA) is 0 Å². The van der Waals surface area contributed by atoms with Crippen molar-refractivity contribution in [1.82, 2.24) is 0 Å². The van der Waals surface area contributed by atoms with Crippen molar-refractivity contribution < 1.29 is 8.78 Å². The Morgan fingerprint density at radius 1 is 1.18 bits per heavy atom. The Balaban J connectivity index is 2.39. The molecule has 0 aliphatic carbocycles. The second kappa shape index (κ2) is 2.33. The van der Waals surface area contributed by atoms with Crippen LogP contribution in [0.5, 0.6) is 0 Å². The zero-order valence-corrected chi connectivity index (χ0v) is 5.98. The summed E-state index contributed by atoms with van der Waals surface area (Å²) in [6.45, 7) is 0.357. The maximum absolute atomic E-state index is 12.9. The summed E-state index contributed by atoms with van der Waals surface area (Å²) in [7, 11) is 0. The van der Waals surface area contributed by atoms with Gasteiger partial charge in [-0.25, -0.2) is 8.78 Å². The molecule has 1 saturated heterocycles. The predicted octanol–water partition coefficient (Wildman–Crippen LogP) is 1.68. The van der Waals surface area contributed by atoms with Gasteiger partial charge in [0.1, 0.15) is 11.6 Å². The lowest BCUT2D eigenvalue weighted by atomic mass is 9.63. The Morgan fingerprint density at radius 3 is 2.45 bits per heavy atom. The molecule has 56 valence electrons. The van der Waals surface area contributed by atoms with Crippen LogP contribution in [0.15, 0.2) is 18.2 Å². The van der Waals surface area contributed by atoms with E-state index in [2.05, 4.69) is 0 Å². The molecule has 0 radical (unpaired) electrons. The van der Waals surface area contributed by atoms with Gasteiger partial charge in [0.15, 0.2) is 6.71 Å². The van der Waals surface area contributed by atoms with Gasteiger partial charge in [0.2, 0.25) is 0 Å². The Kier molecular flexibility index (Phi) is 1.45. The van der Waals surface area contributed by atoms with Crippen molar-refractivity contribution >= 4 is 12.2 Å². The summed E-state index contributed by atoms with van der Waals surface area (Å²) < 4.78 is 25.3. The van der Waals surface area contributed by atoms with E-state index in [0.29, 0.717) is 12.2 Å². The average Bonchev–Trinajstić information content (AvgIpc) is 2.70. The molecule has 0 saturated carbocycles. The number of hydrogen-bond acceptors (Lipinski definition) is 0. The Labute approximate surface area is 64.3 Å². The van der Waals surface area contributed by atoms with E-state index < -0.39 is 11.6 Å². The third-order valence-electron chi connectivity index (χ3n) is 1.98. The molecule has 1 aromatic rings. The number of benzene rings is 1. The van der Waals surface area contributed by atoms with Gasteiger partial charge in [0, 0.05) is 6.07 Å². The van der Waals surface area contributed by atoms with E-state index in [0.717, 1.165) is 18.7 Å². The van der Waals surface area contributed by atoms with Gasteiger partial charge in [-0.2, -0.15) is 0 Å². The molecule has 0 bridgehead atoms. The highest BCUT2D eigenvalue weighted by molar-refractivity contribution is 6.82. The molecule has 0 atom stereocenters. The quantitative estimate of drug-likeness (QED) is 0.537. The SMILES string of the molecule is Fc1ccc(B2CC2)c(F)c1. The van der Waals surface area contributed by atoms with Crippen molar-refractivity contribution in [3.8, 4) is 0 Å². The van der Waals surface area contributed by atoms with Crippen LogP contribution < -0.4 is 5.46 Å². The molecule has 11 heavy (non-hydrogen) atoms. The molecule has 1 aliphatic heterocycles. The monoisotopic (exact) mass is 152 g/mol. The van der Waals surface area contributed by atoms with Gasteiger partial charge in [-0.3, -0.25) is 0 Å². The molecule has 0 amide bonds. The minimum Gasteiger partial charge on any atom is -0.207 e. The molecule has 0 unspecified atom stereocenters. The van der Waals surface area contributed by atoms with Crippen LogP contribution >= 0.6 is 0 Å². The van der Waals surface area contributed by atoms with Crippen molar-refractivity contribution in [3.05, 3.63) is 29.8 Å². The van der Waals surface area contributed by atoms with E-state index in [9.17, 15) is 8.78 Å². The summed E-state index contributed by atoms with van der Waals surface area (Å²) in [5.41, 5.74) is 0.673. The molecule has 0 spiro atoms. The molecule has 1 aliphatic rings. The summed E-state index contributed by atoms with van der Waals surface area (Å²) in [5.74, 6) is -0.889. The normalized spacial score (nSPS) is 15.3. The first-order chi connectivity index (χ1) is 5.27. The zero-order valence-electron chi connectivity index (χ0n) is 5.98. The second-order valence-electron chi connectivity index (χ2n) is 2.94. The van der Waals surface area contributed by atoms with E-state index in [-0.39, 0.29) is 0 Å². The van der Waals surface area contributed by atoms with Gasteiger partial charge < -0.3 is 0 Å². The third-order valence-corrected chi connectivity index (χ3v) is 1.98. The van der Waals surface area contributed by atoms with Gasteiger partial charge >= 0.3 is 0 Å². The summed E-state index contributed by atoms with van der Waals surface area (Å²) in [6, 6.07) is 3.81. The van der Waals surface area contributed by atoms with E-state index in [4.69, 9.17) is 0 Å². The lowest BCUT2D eigenvalue weighted by Gasteiger charge is -1.97. The average molecular weight is 152 g/mol. The molecule has 1 aromatic carbocycles. The Morgan fingerprint density at radius 2 is 1.91 bits per heavy atom. The number of hydrogen-bond donors (Lipinski definition) is 0. The first-order valence-electron chi connectivity index (χ1n) is 3.72. The van der Waals surface area contributed by atoms with E-state index in [1.165, 1.54) is 6.07 Å². The fourth-order valence-electron chi connectivity index (χ4n) is 1.23. The van der Waals surface area contributed by atoms with Gasteiger partial charge in [-0.1, -0.05) is 18.7 Å². The zero-order chi connectivity index (χ0) is 7.84. The molecule has 1 heterocycles. The fourth-order valence-corrected chi connectivity index (χ4v) is 1.23. The molecular weight excluding hydrogens is 145 g/mol. The summed E-state index contributed by atoms with van der Waals surface area (Å²) in [6.07, 6.45) is 2.09. The van der Waals surface area contributed by atoms with Crippen molar-refractivity contribution in [1.29, 1.82) is 0 Å². The van der Waals surface area contributed by atoms with Crippen molar-refractivity contribution in [3.63, 3.8) is 0 Å². The number of halogens is 2. The molecule has 2 rings (SSSR count). The second-order valence-corrected chi connectivity index (χ2v) is 2.94. The fraction of sp³-hybridized carbons (Fsp3) is 0.250. The lowest BCUT2D eigenvalue weighted by Crippen LogP contribution is -2.19. The van der Waals surface area contributed by atoms with Gasteiger partial charge in [0.25, 0.3) is 0 Å². The lowest BCUT2D eigenvalue weighted by molar-refractivity contribution is 0.588. The van der Waals surface area contributed by atoms with Crippen molar-refractivity contribution in [2.24, 2.45) is 0 Å². The van der Waals surface area contributed by atoms with Crippen LogP contribution in [0.25, 0.3) is 0 Å². The largest absolute Gasteiger partial charge is 0.207 e. The van der Waals surface area contributed by atoms with Crippen LogP contribution in [0.1, 0.15) is 0 Å². The van der Waals surface area contributed by atoms with E-state index in [1.807, 2.05) is 0 Å². The molecule has 3 heteroatoms. The number of rotatable bonds is 1. The maximum atomic E-state index is 12.9. The van der Waals surface area contributed by atoms with Crippen LogP contribution in [0, 0.1) is 11.6 Å². The van der Waals surface area contributed by atoms with Crippen molar-refractivity contribution in [2.45, 2.75) is 12.6 Å². The van der Waals surface area contributed by atoms with Crippen LogP contribution in [-0.2, 0) is 0 Å². The van der Waals surface area contributed by atoms with Crippen molar-refractivity contribution in [2.75, 3.05) is 0 Å². The van der Waals surface area contributed by atoms with Gasteiger partial charge in [-0.15, -0.1) is 0 Å². The molecule has 0 aromatic heterocycles. The highest BCUT2D eigenvalue weighted by atomic mass is 19.1. The van der Waals surface area contributed by atoms with E-state index >= 15 is 0 Å². The standard InChI is InChI=1S/C8H7BF2/c10-6-1-2-7(8(11)5-6)9-3-4-9/h1-2,5H,3-4H2. The summed E-state index contributed by atoms with van der Waals surface area (Å²) >= 11 is 0. The minimum absolute atomic E-state index is 0.357. The van der Waals surface area contributed by atoms with Crippen LogP contribution in [0.3, 0.4) is 0 Å². The van der Waals surface area contributed by atoms with E-state index in [1.54, 1.807) is 6.07 Å². The Bertz CT molecular complexity index is 281. The highest BCUT2D eigenvalue weighted by Crippen LogP contribution is 2.21.